The summed E-state index contributed by atoms with van der Waals surface area (Å²) in [6.45, 7) is 0. The Kier molecular flexibility index (Phi) is 3.70. The van der Waals surface area contributed by atoms with Crippen molar-refractivity contribution in [3.8, 4) is 17.2 Å². The van der Waals surface area contributed by atoms with E-state index in [2.05, 4.69) is 0 Å². The number of carbonyl (C=O) groups is 1. The molecule has 0 atom stereocenters. The van der Waals surface area contributed by atoms with Crippen LogP contribution in [0.25, 0.3) is 6.08 Å². The van der Waals surface area contributed by atoms with Crippen LogP contribution in [0.1, 0.15) is 15.9 Å². The van der Waals surface area contributed by atoms with Gasteiger partial charge in [-0.05, 0) is 23.8 Å². The first kappa shape index (κ1) is 13.6. The van der Waals surface area contributed by atoms with Gasteiger partial charge in [-0.25, -0.2) is 4.39 Å². The minimum absolute atomic E-state index is 0.304. The highest BCUT2D eigenvalue weighted by Gasteiger charge is 2.15. The third kappa shape index (κ3) is 2.95. The van der Waals surface area contributed by atoms with Gasteiger partial charge in [0, 0.05) is 12.1 Å². The van der Waals surface area contributed by atoms with Crippen molar-refractivity contribution < 1.29 is 24.5 Å². The number of phenolic OH excluding ortho intramolecular Hbond substituents is 3. The summed E-state index contributed by atoms with van der Waals surface area (Å²) in [6.07, 6.45) is 2.56. The summed E-state index contributed by atoms with van der Waals surface area (Å²) in [5.74, 6) is -2.40. The Morgan fingerprint density at radius 1 is 1.00 bits per heavy atom. The van der Waals surface area contributed by atoms with E-state index >= 15 is 0 Å². The Balaban J connectivity index is 2.26. The van der Waals surface area contributed by atoms with E-state index in [9.17, 15) is 19.4 Å². The van der Waals surface area contributed by atoms with Gasteiger partial charge in [0.05, 0.1) is 0 Å². The Hall–Kier alpha value is -2.82. The van der Waals surface area contributed by atoms with Crippen molar-refractivity contribution in [3.05, 3.63) is 59.4 Å². The lowest BCUT2D eigenvalue weighted by molar-refractivity contribution is 0.104. The maximum absolute atomic E-state index is 12.7. The molecule has 2 aromatic rings. The van der Waals surface area contributed by atoms with Crippen LogP contribution in [-0.4, -0.2) is 21.1 Å². The van der Waals surface area contributed by atoms with E-state index in [-0.39, 0.29) is 17.1 Å². The minimum Gasteiger partial charge on any atom is -0.508 e. The number of allylic oxidation sites excluding steroid dienone is 1. The summed E-state index contributed by atoms with van der Waals surface area (Å²) in [5, 5.41) is 28.3. The number of phenols is 3. The molecule has 0 saturated heterocycles. The molecule has 0 aromatic heterocycles. The largest absolute Gasteiger partial charge is 0.508 e. The number of benzene rings is 2. The van der Waals surface area contributed by atoms with Crippen LogP contribution >= 0.6 is 0 Å². The predicted molar refractivity (Wildman–Crippen MR) is 71.2 cm³/mol. The quantitative estimate of drug-likeness (QED) is 0.594. The predicted octanol–water partition coefficient (Wildman–Crippen LogP) is 2.84. The first-order chi connectivity index (χ1) is 9.47. The van der Waals surface area contributed by atoms with E-state index in [0.29, 0.717) is 5.56 Å². The molecule has 0 radical (unpaired) electrons. The number of hydrogen-bond donors (Lipinski definition) is 3. The molecule has 0 aliphatic carbocycles. The lowest BCUT2D eigenvalue weighted by Gasteiger charge is -2.04. The van der Waals surface area contributed by atoms with Gasteiger partial charge in [0.1, 0.15) is 28.6 Å². The Morgan fingerprint density at radius 3 is 2.10 bits per heavy atom. The molecule has 3 N–H and O–H groups in total. The van der Waals surface area contributed by atoms with E-state index in [1.807, 2.05) is 0 Å². The zero-order valence-electron chi connectivity index (χ0n) is 10.2. The van der Waals surface area contributed by atoms with Gasteiger partial charge in [0.15, 0.2) is 5.78 Å². The molecule has 0 bridgehead atoms. The first-order valence-electron chi connectivity index (χ1n) is 5.70. The highest BCUT2D eigenvalue weighted by atomic mass is 19.1. The van der Waals surface area contributed by atoms with Crippen LogP contribution in [0.5, 0.6) is 17.2 Å². The topological polar surface area (TPSA) is 77.8 Å². The molecular formula is C15H11FO4. The summed E-state index contributed by atoms with van der Waals surface area (Å²) < 4.78 is 12.7. The molecule has 0 aliphatic rings. The highest BCUT2D eigenvalue weighted by molar-refractivity contribution is 6.10. The van der Waals surface area contributed by atoms with Gasteiger partial charge in [0.25, 0.3) is 0 Å². The zero-order valence-corrected chi connectivity index (χ0v) is 10.2. The third-order valence-corrected chi connectivity index (χ3v) is 2.63. The number of ketones is 1. The molecule has 0 amide bonds. The van der Waals surface area contributed by atoms with Gasteiger partial charge < -0.3 is 15.3 Å². The number of rotatable bonds is 3. The molecular weight excluding hydrogens is 263 g/mol. The van der Waals surface area contributed by atoms with Crippen LogP contribution in [-0.2, 0) is 0 Å². The maximum Gasteiger partial charge on any atom is 0.193 e. The number of hydrogen-bond acceptors (Lipinski definition) is 4. The number of aromatic hydroxyl groups is 3. The Bertz CT molecular complexity index is 652. The van der Waals surface area contributed by atoms with Crippen molar-refractivity contribution >= 4 is 11.9 Å². The molecule has 0 heterocycles. The third-order valence-electron chi connectivity index (χ3n) is 2.63. The molecule has 0 aliphatic heterocycles. The lowest BCUT2D eigenvalue weighted by Crippen LogP contribution is -1.95. The molecule has 0 fully saturated rings. The molecule has 0 saturated carbocycles. The molecule has 5 heteroatoms. The van der Waals surface area contributed by atoms with Crippen LogP contribution in [0.15, 0.2) is 42.5 Å². The summed E-state index contributed by atoms with van der Waals surface area (Å²) >= 11 is 0. The lowest BCUT2D eigenvalue weighted by atomic mass is 10.1. The fourth-order valence-electron chi connectivity index (χ4n) is 1.68. The summed E-state index contributed by atoms with van der Waals surface area (Å²) in [4.78, 5) is 11.9. The van der Waals surface area contributed by atoms with E-state index in [1.165, 1.54) is 30.3 Å². The van der Waals surface area contributed by atoms with Crippen LogP contribution in [0.3, 0.4) is 0 Å². The summed E-state index contributed by atoms with van der Waals surface area (Å²) in [5.41, 5.74) is 0.290. The first-order valence-corrected chi connectivity index (χ1v) is 5.70. The fourth-order valence-corrected chi connectivity index (χ4v) is 1.68. The molecule has 2 rings (SSSR count). The average Bonchev–Trinajstić information content (AvgIpc) is 2.37. The van der Waals surface area contributed by atoms with Crippen LogP contribution in [0, 0.1) is 5.82 Å². The Labute approximate surface area is 114 Å². The molecule has 0 spiro atoms. The second-order valence-corrected chi connectivity index (χ2v) is 4.11. The summed E-state index contributed by atoms with van der Waals surface area (Å²) in [6, 6.07) is 7.38. The van der Waals surface area contributed by atoms with Crippen molar-refractivity contribution in [3.63, 3.8) is 0 Å². The van der Waals surface area contributed by atoms with E-state index in [0.717, 1.165) is 18.2 Å². The molecule has 102 valence electrons. The number of carbonyl (C=O) groups excluding carboxylic acids is 1. The van der Waals surface area contributed by atoms with Gasteiger partial charge in [-0.3, -0.25) is 4.79 Å². The smallest absolute Gasteiger partial charge is 0.193 e. The van der Waals surface area contributed by atoms with Gasteiger partial charge in [-0.1, -0.05) is 18.2 Å². The number of halogens is 1. The molecule has 2 aromatic carbocycles. The second-order valence-electron chi connectivity index (χ2n) is 4.11. The van der Waals surface area contributed by atoms with Gasteiger partial charge in [-0.2, -0.15) is 0 Å². The SMILES string of the molecule is O=C(/C=C/c1ccc(F)cc1)c1c(O)cc(O)cc1O. The Morgan fingerprint density at radius 2 is 1.55 bits per heavy atom. The van der Waals surface area contributed by atoms with Crippen LogP contribution < -0.4 is 0 Å². The zero-order chi connectivity index (χ0) is 14.7. The van der Waals surface area contributed by atoms with Crippen LogP contribution in [0.4, 0.5) is 4.39 Å². The average molecular weight is 274 g/mol. The van der Waals surface area contributed by atoms with Gasteiger partial charge >= 0.3 is 0 Å². The standard InChI is InChI=1S/C15H11FO4/c16-10-4-1-9(2-5-10)3-6-12(18)15-13(19)7-11(17)8-14(15)20/h1-8,17,19-20H/b6-3+. The van der Waals surface area contributed by atoms with Crippen molar-refractivity contribution in [1.82, 2.24) is 0 Å². The molecule has 20 heavy (non-hydrogen) atoms. The van der Waals surface area contributed by atoms with Gasteiger partial charge in [0.2, 0.25) is 0 Å². The van der Waals surface area contributed by atoms with Crippen molar-refractivity contribution in [2.24, 2.45) is 0 Å². The maximum atomic E-state index is 12.7. The van der Waals surface area contributed by atoms with E-state index < -0.39 is 17.3 Å². The van der Waals surface area contributed by atoms with Crippen LogP contribution in [0.2, 0.25) is 0 Å². The van der Waals surface area contributed by atoms with E-state index in [4.69, 9.17) is 5.11 Å². The minimum atomic E-state index is -0.635. The van der Waals surface area contributed by atoms with E-state index in [1.54, 1.807) is 0 Å². The van der Waals surface area contributed by atoms with Gasteiger partial charge in [-0.15, -0.1) is 0 Å². The summed E-state index contributed by atoms with van der Waals surface area (Å²) in [7, 11) is 0. The van der Waals surface area contributed by atoms with Crippen molar-refractivity contribution in [2.45, 2.75) is 0 Å². The highest BCUT2D eigenvalue weighted by Crippen LogP contribution is 2.32. The monoisotopic (exact) mass is 274 g/mol. The fraction of sp³-hybridized carbons (Fsp3) is 0. The van der Waals surface area contributed by atoms with Crippen molar-refractivity contribution in [2.75, 3.05) is 0 Å². The normalized spacial score (nSPS) is 10.8. The molecule has 4 nitrogen and oxygen atoms in total. The molecule has 0 unspecified atom stereocenters. The van der Waals surface area contributed by atoms with Crippen molar-refractivity contribution in [1.29, 1.82) is 0 Å². The second kappa shape index (κ2) is 5.44.